The molecule has 2 aromatic rings. The molecule has 2 N–H and O–H groups in total. The van der Waals surface area contributed by atoms with Gasteiger partial charge in [0.15, 0.2) is 11.6 Å². The lowest BCUT2D eigenvalue weighted by molar-refractivity contribution is 0.106. The first-order valence-corrected chi connectivity index (χ1v) is 6.44. The highest BCUT2D eigenvalue weighted by Gasteiger charge is 2.31. The second-order valence-corrected chi connectivity index (χ2v) is 4.58. The van der Waals surface area contributed by atoms with E-state index in [2.05, 4.69) is 5.32 Å². The van der Waals surface area contributed by atoms with E-state index < -0.39 is 11.4 Å². The highest BCUT2D eigenvalue weighted by molar-refractivity contribution is 5.27. The molecular weight excluding hydrogens is 257 g/mol. The van der Waals surface area contributed by atoms with Gasteiger partial charge in [-0.2, -0.15) is 0 Å². The van der Waals surface area contributed by atoms with E-state index in [9.17, 15) is 9.50 Å². The van der Waals surface area contributed by atoms with Crippen LogP contribution >= 0.6 is 0 Å². The van der Waals surface area contributed by atoms with Crippen LogP contribution in [0.25, 0.3) is 0 Å². The lowest BCUT2D eigenvalue weighted by atomic mass is 9.92. The van der Waals surface area contributed by atoms with Gasteiger partial charge in [-0.05, 0) is 24.7 Å². The van der Waals surface area contributed by atoms with E-state index in [4.69, 9.17) is 4.74 Å². The van der Waals surface area contributed by atoms with Gasteiger partial charge in [-0.25, -0.2) is 4.39 Å². The lowest BCUT2D eigenvalue weighted by Gasteiger charge is -2.32. The highest BCUT2D eigenvalue weighted by atomic mass is 19.1. The molecule has 0 fully saturated rings. The average Bonchev–Trinajstić information content (AvgIpc) is 2.51. The molecule has 0 spiro atoms. The molecule has 0 radical (unpaired) electrons. The van der Waals surface area contributed by atoms with E-state index in [1.54, 1.807) is 25.2 Å². The molecule has 0 amide bonds. The van der Waals surface area contributed by atoms with Crippen LogP contribution in [0.1, 0.15) is 5.56 Å². The third-order valence-electron chi connectivity index (χ3n) is 3.39. The first kappa shape index (κ1) is 14.5. The van der Waals surface area contributed by atoms with Crippen molar-refractivity contribution in [3.8, 4) is 5.75 Å². The van der Waals surface area contributed by atoms with Crippen molar-refractivity contribution in [2.24, 2.45) is 0 Å². The Morgan fingerprint density at radius 2 is 1.75 bits per heavy atom. The van der Waals surface area contributed by atoms with Crippen LogP contribution in [-0.4, -0.2) is 25.4 Å². The second-order valence-electron chi connectivity index (χ2n) is 4.58. The number of hydrogen-bond donors (Lipinski definition) is 2. The summed E-state index contributed by atoms with van der Waals surface area (Å²) in [7, 11) is 1.74. The first-order valence-electron chi connectivity index (χ1n) is 6.44. The van der Waals surface area contributed by atoms with Crippen molar-refractivity contribution in [2.45, 2.75) is 5.54 Å². The monoisotopic (exact) mass is 275 g/mol. The standard InChI is InChI=1S/C16H18FNO2/c1-18-16(11-19,13-7-3-2-4-8-13)12-20-15-10-6-5-9-14(15)17/h2-10,18-19H,11-12H2,1H3. The van der Waals surface area contributed by atoms with Gasteiger partial charge in [-0.3, -0.25) is 0 Å². The van der Waals surface area contributed by atoms with Crippen LogP contribution in [0, 0.1) is 5.82 Å². The largest absolute Gasteiger partial charge is 0.488 e. The summed E-state index contributed by atoms with van der Waals surface area (Å²) in [5, 5.41) is 12.8. The Morgan fingerprint density at radius 1 is 1.10 bits per heavy atom. The predicted molar refractivity (Wildman–Crippen MR) is 76.2 cm³/mol. The number of rotatable bonds is 6. The van der Waals surface area contributed by atoms with Crippen LogP contribution in [0.15, 0.2) is 54.6 Å². The van der Waals surface area contributed by atoms with Gasteiger partial charge >= 0.3 is 0 Å². The van der Waals surface area contributed by atoms with Crippen LogP contribution in [0.2, 0.25) is 0 Å². The molecule has 0 heterocycles. The molecule has 106 valence electrons. The molecule has 0 aromatic heterocycles. The predicted octanol–water partition coefficient (Wildman–Crippen LogP) is 2.31. The van der Waals surface area contributed by atoms with Gasteiger partial charge in [0.2, 0.25) is 0 Å². The van der Waals surface area contributed by atoms with Crippen molar-refractivity contribution in [3.63, 3.8) is 0 Å². The first-order chi connectivity index (χ1) is 9.72. The summed E-state index contributed by atoms with van der Waals surface area (Å²) < 4.78 is 19.1. The fourth-order valence-electron chi connectivity index (χ4n) is 2.04. The zero-order valence-corrected chi connectivity index (χ0v) is 11.3. The summed E-state index contributed by atoms with van der Waals surface area (Å²) in [6.45, 7) is -0.0209. The molecule has 0 bridgehead atoms. The Kier molecular flexibility index (Phi) is 4.71. The van der Waals surface area contributed by atoms with Crippen LogP contribution in [0.3, 0.4) is 0 Å². The minimum atomic E-state index is -0.760. The van der Waals surface area contributed by atoms with Crippen molar-refractivity contribution in [1.29, 1.82) is 0 Å². The Bertz CT molecular complexity index is 541. The zero-order chi connectivity index (χ0) is 14.4. The summed E-state index contributed by atoms with van der Waals surface area (Å²) in [6.07, 6.45) is 0. The SMILES string of the molecule is CNC(CO)(COc1ccccc1F)c1ccccc1. The molecule has 0 saturated heterocycles. The third kappa shape index (κ3) is 2.98. The van der Waals surface area contributed by atoms with Crippen LogP contribution < -0.4 is 10.1 Å². The molecule has 20 heavy (non-hydrogen) atoms. The average molecular weight is 275 g/mol. The summed E-state index contributed by atoms with van der Waals surface area (Å²) in [5.74, 6) is -0.236. The maximum absolute atomic E-state index is 13.6. The van der Waals surface area contributed by atoms with Crippen molar-refractivity contribution < 1.29 is 14.2 Å². The van der Waals surface area contributed by atoms with Gasteiger partial charge in [0, 0.05) is 0 Å². The quantitative estimate of drug-likeness (QED) is 0.850. The van der Waals surface area contributed by atoms with Gasteiger partial charge in [0.05, 0.1) is 6.61 Å². The fraction of sp³-hybridized carbons (Fsp3) is 0.250. The minimum Gasteiger partial charge on any atom is -0.488 e. The van der Waals surface area contributed by atoms with E-state index in [-0.39, 0.29) is 19.0 Å². The number of para-hydroxylation sites is 1. The smallest absolute Gasteiger partial charge is 0.165 e. The van der Waals surface area contributed by atoms with E-state index >= 15 is 0 Å². The van der Waals surface area contributed by atoms with Crippen LogP contribution in [0.5, 0.6) is 5.75 Å². The fourth-order valence-corrected chi connectivity index (χ4v) is 2.04. The molecule has 3 nitrogen and oxygen atoms in total. The summed E-state index contributed by atoms with van der Waals surface area (Å²) >= 11 is 0. The van der Waals surface area contributed by atoms with Crippen LogP contribution in [-0.2, 0) is 5.54 Å². The molecule has 1 unspecified atom stereocenters. The van der Waals surface area contributed by atoms with Crippen molar-refractivity contribution >= 4 is 0 Å². The Morgan fingerprint density at radius 3 is 2.35 bits per heavy atom. The Labute approximate surface area is 118 Å². The molecule has 2 rings (SSSR count). The van der Waals surface area contributed by atoms with E-state index in [0.717, 1.165) is 5.56 Å². The molecule has 4 heteroatoms. The molecule has 0 saturated carbocycles. The van der Waals surface area contributed by atoms with Crippen molar-refractivity contribution in [3.05, 3.63) is 66.0 Å². The summed E-state index contributed by atoms with van der Waals surface area (Å²) in [6, 6.07) is 15.7. The highest BCUT2D eigenvalue weighted by Crippen LogP contribution is 2.23. The second kappa shape index (κ2) is 6.50. The maximum Gasteiger partial charge on any atom is 0.165 e. The molecule has 2 aromatic carbocycles. The molecular formula is C16H18FNO2. The summed E-state index contributed by atoms with van der Waals surface area (Å²) in [5.41, 5.74) is 0.130. The number of benzene rings is 2. The van der Waals surface area contributed by atoms with Crippen molar-refractivity contribution in [1.82, 2.24) is 5.32 Å². The lowest BCUT2D eigenvalue weighted by Crippen LogP contribution is -2.48. The molecule has 0 aliphatic carbocycles. The number of hydrogen-bond acceptors (Lipinski definition) is 3. The van der Waals surface area contributed by atoms with E-state index in [1.165, 1.54) is 6.07 Å². The topological polar surface area (TPSA) is 41.5 Å². The number of ether oxygens (including phenoxy) is 1. The number of aliphatic hydroxyl groups excluding tert-OH is 1. The maximum atomic E-state index is 13.6. The number of aliphatic hydroxyl groups is 1. The third-order valence-corrected chi connectivity index (χ3v) is 3.39. The normalized spacial score (nSPS) is 13.8. The number of nitrogens with one attached hydrogen (secondary N) is 1. The van der Waals surface area contributed by atoms with E-state index in [0.29, 0.717) is 0 Å². The summed E-state index contributed by atoms with van der Waals surface area (Å²) in [4.78, 5) is 0. The van der Waals surface area contributed by atoms with Gasteiger partial charge in [0.25, 0.3) is 0 Å². The molecule has 1 atom stereocenters. The molecule has 0 aliphatic heterocycles. The zero-order valence-electron chi connectivity index (χ0n) is 11.3. The van der Waals surface area contributed by atoms with Gasteiger partial charge in [-0.15, -0.1) is 0 Å². The Balaban J connectivity index is 2.20. The molecule has 0 aliphatic rings. The van der Waals surface area contributed by atoms with Gasteiger partial charge < -0.3 is 15.2 Å². The van der Waals surface area contributed by atoms with Gasteiger partial charge in [0.1, 0.15) is 12.1 Å². The van der Waals surface area contributed by atoms with Crippen molar-refractivity contribution in [2.75, 3.05) is 20.3 Å². The Hall–Kier alpha value is -1.91. The van der Waals surface area contributed by atoms with E-state index in [1.807, 2.05) is 30.3 Å². The minimum absolute atomic E-state index is 0.130. The van der Waals surface area contributed by atoms with Gasteiger partial charge in [-0.1, -0.05) is 42.5 Å². The number of likely N-dealkylation sites (N-methyl/N-ethyl adjacent to an activating group) is 1. The number of halogens is 1. The van der Waals surface area contributed by atoms with Crippen LogP contribution in [0.4, 0.5) is 4.39 Å².